The van der Waals surface area contributed by atoms with Crippen LogP contribution in [0.4, 0.5) is 4.79 Å². The second-order valence-electron chi connectivity index (χ2n) is 8.03. The normalized spacial score (nSPS) is 22.3. The standard InChI is InChI=1S/C22H30N4O3S/c1-2-16-3-5-17(6-4-16)18-13-19(21-23-20(7-10-27)24-29-21)15-26(14-18)22(28)25-8-11-30-12-9-25/h3-6,18-19,27H,2,7-15H2,1H3. The SMILES string of the molecule is CCc1ccc(C2CC(c3nc(CCO)no3)CN(C(=O)N3CCSCC3)C2)cc1. The number of benzene rings is 1. The summed E-state index contributed by atoms with van der Waals surface area (Å²) in [5, 5.41) is 13.1. The lowest BCUT2D eigenvalue weighted by atomic mass is 9.84. The van der Waals surface area contributed by atoms with Crippen LogP contribution in [0.15, 0.2) is 28.8 Å². The van der Waals surface area contributed by atoms with Crippen molar-refractivity contribution in [1.29, 1.82) is 0 Å². The second kappa shape index (κ2) is 9.83. The molecule has 0 saturated carbocycles. The van der Waals surface area contributed by atoms with Gasteiger partial charge in [0.2, 0.25) is 5.89 Å². The molecule has 2 amide bonds. The van der Waals surface area contributed by atoms with Crippen molar-refractivity contribution in [2.75, 3.05) is 44.3 Å². The Morgan fingerprint density at radius 3 is 2.60 bits per heavy atom. The summed E-state index contributed by atoms with van der Waals surface area (Å²) in [6.07, 6.45) is 2.26. The van der Waals surface area contributed by atoms with Crippen molar-refractivity contribution in [2.24, 2.45) is 0 Å². The van der Waals surface area contributed by atoms with E-state index in [-0.39, 0.29) is 24.5 Å². The Hall–Kier alpha value is -2.06. The number of hydrogen-bond acceptors (Lipinski definition) is 6. The van der Waals surface area contributed by atoms with Crippen molar-refractivity contribution in [3.63, 3.8) is 0 Å². The first-order valence-corrected chi connectivity index (χ1v) is 12.0. The van der Waals surface area contributed by atoms with Crippen LogP contribution < -0.4 is 0 Å². The van der Waals surface area contributed by atoms with Gasteiger partial charge in [-0.1, -0.05) is 36.3 Å². The fourth-order valence-electron chi connectivity index (χ4n) is 4.29. The molecule has 4 rings (SSSR count). The fourth-order valence-corrected chi connectivity index (χ4v) is 5.19. The minimum atomic E-state index is -0.00632. The number of urea groups is 1. The molecule has 1 aromatic carbocycles. The van der Waals surface area contributed by atoms with Crippen LogP contribution in [0.25, 0.3) is 0 Å². The quantitative estimate of drug-likeness (QED) is 0.785. The summed E-state index contributed by atoms with van der Waals surface area (Å²) >= 11 is 1.90. The molecule has 2 unspecified atom stereocenters. The highest BCUT2D eigenvalue weighted by atomic mass is 32.2. The molecule has 162 valence electrons. The molecule has 8 heteroatoms. The maximum absolute atomic E-state index is 13.3. The van der Waals surface area contributed by atoms with Crippen molar-refractivity contribution >= 4 is 17.8 Å². The highest BCUT2D eigenvalue weighted by molar-refractivity contribution is 7.99. The van der Waals surface area contributed by atoms with Crippen LogP contribution in [0.1, 0.15) is 48.0 Å². The minimum Gasteiger partial charge on any atom is -0.396 e. The number of carbonyl (C=O) groups is 1. The first-order valence-electron chi connectivity index (χ1n) is 10.8. The molecule has 0 aliphatic carbocycles. The zero-order valence-electron chi connectivity index (χ0n) is 17.5. The molecular formula is C22H30N4O3S. The van der Waals surface area contributed by atoms with Crippen LogP contribution in [-0.4, -0.2) is 75.4 Å². The molecule has 2 aliphatic heterocycles. The van der Waals surface area contributed by atoms with Gasteiger partial charge in [0.15, 0.2) is 5.82 Å². The predicted octanol–water partition coefficient (Wildman–Crippen LogP) is 2.91. The maximum atomic E-state index is 13.3. The van der Waals surface area contributed by atoms with Crippen molar-refractivity contribution in [2.45, 2.75) is 38.0 Å². The third-order valence-corrected chi connectivity index (χ3v) is 6.97. The number of aromatic nitrogens is 2. The van der Waals surface area contributed by atoms with E-state index in [4.69, 9.17) is 9.63 Å². The van der Waals surface area contributed by atoms with E-state index in [1.54, 1.807) is 0 Å². The van der Waals surface area contributed by atoms with Gasteiger partial charge in [-0.15, -0.1) is 0 Å². The van der Waals surface area contributed by atoms with Gasteiger partial charge in [-0.2, -0.15) is 16.7 Å². The predicted molar refractivity (Wildman–Crippen MR) is 117 cm³/mol. The summed E-state index contributed by atoms with van der Waals surface area (Å²) in [5.74, 6) is 3.31. The molecule has 3 heterocycles. The van der Waals surface area contributed by atoms with E-state index < -0.39 is 0 Å². The number of aliphatic hydroxyl groups is 1. The Kier molecular flexibility index (Phi) is 6.94. The van der Waals surface area contributed by atoms with Gasteiger partial charge in [0.1, 0.15) is 0 Å². The smallest absolute Gasteiger partial charge is 0.320 e. The largest absolute Gasteiger partial charge is 0.396 e. The van der Waals surface area contributed by atoms with Crippen LogP contribution in [0.3, 0.4) is 0 Å². The van der Waals surface area contributed by atoms with Crippen LogP contribution >= 0.6 is 11.8 Å². The van der Waals surface area contributed by atoms with E-state index in [2.05, 4.69) is 41.3 Å². The van der Waals surface area contributed by atoms with Gasteiger partial charge in [0.05, 0.1) is 12.5 Å². The first-order chi connectivity index (χ1) is 14.7. The maximum Gasteiger partial charge on any atom is 0.320 e. The lowest BCUT2D eigenvalue weighted by Gasteiger charge is -2.40. The molecular weight excluding hydrogens is 400 g/mol. The fraction of sp³-hybridized carbons (Fsp3) is 0.591. The number of carbonyl (C=O) groups excluding carboxylic acids is 1. The topological polar surface area (TPSA) is 82.7 Å². The molecule has 0 bridgehead atoms. The lowest BCUT2D eigenvalue weighted by molar-refractivity contribution is 0.130. The Labute approximate surface area is 181 Å². The molecule has 0 radical (unpaired) electrons. The van der Waals surface area contributed by atoms with Gasteiger partial charge in [0.25, 0.3) is 0 Å². The van der Waals surface area contributed by atoms with Crippen LogP contribution in [0, 0.1) is 0 Å². The molecule has 2 saturated heterocycles. The third-order valence-electron chi connectivity index (χ3n) is 6.03. The summed E-state index contributed by atoms with van der Waals surface area (Å²) in [4.78, 5) is 21.7. The highest BCUT2D eigenvalue weighted by Crippen LogP contribution is 2.36. The van der Waals surface area contributed by atoms with Gasteiger partial charge in [-0.05, 0) is 24.0 Å². The van der Waals surface area contributed by atoms with Gasteiger partial charge in [0, 0.05) is 50.0 Å². The number of nitrogens with zero attached hydrogens (tertiary/aromatic N) is 4. The summed E-state index contributed by atoms with van der Waals surface area (Å²) in [6.45, 7) is 5.06. The third kappa shape index (κ3) is 4.81. The van der Waals surface area contributed by atoms with E-state index in [1.165, 1.54) is 11.1 Å². The van der Waals surface area contributed by atoms with E-state index in [0.29, 0.717) is 31.2 Å². The van der Waals surface area contributed by atoms with E-state index in [0.717, 1.165) is 37.4 Å². The Morgan fingerprint density at radius 2 is 1.90 bits per heavy atom. The molecule has 2 aromatic rings. The average Bonchev–Trinajstić information content (AvgIpc) is 3.28. The number of rotatable bonds is 5. The van der Waals surface area contributed by atoms with Gasteiger partial charge in [-0.3, -0.25) is 0 Å². The molecule has 2 fully saturated rings. The van der Waals surface area contributed by atoms with Gasteiger partial charge in [-0.25, -0.2) is 4.79 Å². The summed E-state index contributed by atoms with van der Waals surface area (Å²) in [5.41, 5.74) is 2.56. The zero-order chi connectivity index (χ0) is 20.9. The number of hydrogen-bond donors (Lipinski definition) is 1. The van der Waals surface area contributed by atoms with Crippen molar-refractivity contribution in [3.8, 4) is 0 Å². The molecule has 1 aromatic heterocycles. The number of likely N-dealkylation sites (tertiary alicyclic amines) is 1. The van der Waals surface area contributed by atoms with Crippen LogP contribution in [0.2, 0.25) is 0 Å². The molecule has 0 spiro atoms. The zero-order valence-corrected chi connectivity index (χ0v) is 18.3. The number of aliphatic hydroxyl groups excluding tert-OH is 1. The van der Waals surface area contributed by atoms with Crippen molar-refractivity contribution in [1.82, 2.24) is 19.9 Å². The van der Waals surface area contributed by atoms with Crippen LogP contribution in [0.5, 0.6) is 0 Å². The molecule has 7 nitrogen and oxygen atoms in total. The minimum absolute atomic E-state index is 0.00217. The molecule has 1 N–H and O–H groups in total. The lowest BCUT2D eigenvalue weighted by Crippen LogP contribution is -2.51. The molecule has 30 heavy (non-hydrogen) atoms. The van der Waals surface area contributed by atoms with Gasteiger partial charge >= 0.3 is 6.03 Å². The number of aryl methyl sites for hydroxylation is 1. The van der Waals surface area contributed by atoms with E-state index in [1.807, 2.05) is 21.6 Å². The number of piperidine rings is 1. The van der Waals surface area contributed by atoms with Crippen molar-refractivity contribution in [3.05, 3.63) is 47.1 Å². The number of thioether (sulfide) groups is 1. The Morgan fingerprint density at radius 1 is 1.17 bits per heavy atom. The summed E-state index contributed by atoms with van der Waals surface area (Å²) in [6, 6.07) is 8.86. The number of amides is 2. The van der Waals surface area contributed by atoms with Gasteiger partial charge < -0.3 is 19.4 Å². The van der Waals surface area contributed by atoms with E-state index >= 15 is 0 Å². The highest BCUT2D eigenvalue weighted by Gasteiger charge is 2.36. The monoisotopic (exact) mass is 430 g/mol. The molecule has 2 aliphatic rings. The summed E-state index contributed by atoms with van der Waals surface area (Å²) < 4.78 is 5.52. The summed E-state index contributed by atoms with van der Waals surface area (Å²) in [7, 11) is 0. The second-order valence-corrected chi connectivity index (χ2v) is 9.26. The van der Waals surface area contributed by atoms with Crippen molar-refractivity contribution < 1.29 is 14.4 Å². The Bertz CT molecular complexity index is 835. The Balaban J connectivity index is 1.56. The average molecular weight is 431 g/mol. The molecule has 2 atom stereocenters. The van der Waals surface area contributed by atoms with E-state index in [9.17, 15) is 4.79 Å². The first kappa shape index (κ1) is 21.2. The van der Waals surface area contributed by atoms with Crippen LogP contribution in [-0.2, 0) is 12.8 Å².